The zero-order chi connectivity index (χ0) is 20.6. The highest BCUT2D eigenvalue weighted by Crippen LogP contribution is 2.18. The third-order valence-corrected chi connectivity index (χ3v) is 4.55. The molecule has 3 aromatic rings. The standard InChI is InChI=1S/C22H26N4O3/c1-16-9-11-17(12-10-16)24-21(27)14-26-19-7-4-3-6-18(19)25-20(26)8-5-13-23-22(28)15-29-2/h3-4,6-7,9-12H,5,8,13-15H2,1-2H3,(H,23,28)(H,24,27). The maximum atomic E-state index is 12.6. The summed E-state index contributed by atoms with van der Waals surface area (Å²) in [5, 5.41) is 5.74. The molecule has 0 saturated heterocycles. The van der Waals surface area contributed by atoms with Gasteiger partial charge in [-0.3, -0.25) is 9.59 Å². The van der Waals surface area contributed by atoms with Gasteiger partial charge in [-0.05, 0) is 37.6 Å². The topological polar surface area (TPSA) is 85.2 Å². The van der Waals surface area contributed by atoms with Gasteiger partial charge in [-0.2, -0.15) is 0 Å². The number of hydrogen-bond donors (Lipinski definition) is 2. The van der Waals surface area contributed by atoms with Gasteiger partial charge in [0.25, 0.3) is 0 Å². The van der Waals surface area contributed by atoms with Crippen molar-refractivity contribution >= 4 is 28.5 Å². The van der Waals surface area contributed by atoms with E-state index in [-0.39, 0.29) is 25.0 Å². The molecule has 2 amide bonds. The first kappa shape index (κ1) is 20.5. The molecule has 7 nitrogen and oxygen atoms in total. The largest absolute Gasteiger partial charge is 0.375 e. The predicted molar refractivity (Wildman–Crippen MR) is 113 cm³/mol. The van der Waals surface area contributed by atoms with Crippen LogP contribution in [-0.2, 0) is 27.3 Å². The number of hydrogen-bond acceptors (Lipinski definition) is 4. The molecular weight excluding hydrogens is 368 g/mol. The number of aryl methyl sites for hydroxylation is 2. The van der Waals surface area contributed by atoms with Crippen molar-refractivity contribution in [3.05, 3.63) is 59.9 Å². The maximum absolute atomic E-state index is 12.6. The zero-order valence-corrected chi connectivity index (χ0v) is 16.8. The van der Waals surface area contributed by atoms with Gasteiger partial charge in [0.1, 0.15) is 19.0 Å². The van der Waals surface area contributed by atoms with E-state index in [1.54, 1.807) is 0 Å². The van der Waals surface area contributed by atoms with E-state index in [0.717, 1.165) is 34.5 Å². The van der Waals surface area contributed by atoms with Gasteiger partial charge in [0, 0.05) is 25.8 Å². The molecule has 0 aliphatic carbocycles. The lowest BCUT2D eigenvalue weighted by atomic mass is 10.2. The molecule has 7 heteroatoms. The fraction of sp³-hybridized carbons (Fsp3) is 0.318. The number of carbonyl (C=O) groups excluding carboxylic acids is 2. The lowest BCUT2D eigenvalue weighted by Crippen LogP contribution is -2.28. The summed E-state index contributed by atoms with van der Waals surface area (Å²) in [7, 11) is 1.49. The summed E-state index contributed by atoms with van der Waals surface area (Å²) in [6, 6.07) is 15.5. The molecule has 2 N–H and O–H groups in total. The summed E-state index contributed by atoms with van der Waals surface area (Å²) in [5.41, 5.74) is 3.69. The first-order valence-electron chi connectivity index (χ1n) is 9.63. The molecule has 0 fully saturated rings. The van der Waals surface area contributed by atoms with Crippen molar-refractivity contribution in [1.82, 2.24) is 14.9 Å². The summed E-state index contributed by atoms with van der Waals surface area (Å²) in [6.07, 6.45) is 1.37. The Balaban J connectivity index is 1.68. The Bertz CT molecular complexity index is 979. The number of ether oxygens (including phenoxy) is 1. The van der Waals surface area contributed by atoms with Gasteiger partial charge in [0.15, 0.2) is 0 Å². The van der Waals surface area contributed by atoms with E-state index in [2.05, 4.69) is 15.6 Å². The van der Waals surface area contributed by atoms with Crippen LogP contribution in [0.5, 0.6) is 0 Å². The molecule has 0 unspecified atom stereocenters. The third-order valence-electron chi connectivity index (χ3n) is 4.55. The predicted octanol–water partition coefficient (Wildman–Crippen LogP) is 2.68. The van der Waals surface area contributed by atoms with E-state index >= 15 is 0 Å². The minimum absolute atomic E-state index is 0.0533. The van der Waals surface area contributed by atoms with Crippen molar-refractivity contribution < 1.29 is 14.3 Å². The smallest absolute Gasteiger partial charge is 0.245 e. The van der Waals surface area contributed by atoms with Crippen LogP contribution in [0.2, 0.25) is 0 Å². The molecule has 152 valence electrons. The van der Waals surface area contributed by atoms with Crippen LogP contribution in [0, 0.1) is 6.92 Å². The van der Waals surface area contributed by atoms with Gasteiger partial charge < -0.3 is 19.9 Å². The number of nitrogens with zero attached hydrogens (tertiary/aromatic N) is 2. The molecule has 0 bridgehead atoms. The molecule has 0 saturated carbocycles. The van der Waals surface area contributed by atoms with Crippen LogP contribution in [-0.4, -0.2) is 41.6 Å². The molecule has 0 aliphatic heterocycles. The van der Waals surface area contributed by atoms with Crippen molar-refractivity contribution in [3.63, 3.8) is 0 Å². The second kappa shape index (κ2) is 9.84. The minimum atomic E-state index is -0.140. The second-order valence-electron chi connectivity index (χ2n) is 6.90. The molecule has 0 radical (unpaired) electrons. The summed E-state index contributed by atoms with van der Waals surface area (Å²) < 4.78 is 6.74. The van der Waals surface area contributed by atoms with Crippen molar-refractivity contribution in [2.45, 2.75) is 26.3 Å². The average molecular weight is 394 g/mol. The number of amides is 2. The Kier molecular flexibility index (Phi) is 6.97. The fourth-order valence-electron chi connectivity index (χ4n) is 3.13. The van der Waals surface area contributed by atoms with Crippen molar-refractivity contribution in [3.8, 4) is 0 Å². The highest BCUT2D eigenvalue weighted by molar-refractivity contribution is 5.91. The van der Waals surface area contributed by atoms with Crippen LogP contribution in [0.15, 0.2) is 48.5 Å². The molecule has 3 rings (SSSR count). The molecule has 2 aromatic carbocycles. The summed E-state index contributed by atoms with van der Waals surface area (Å²) in [6.45, 7) is 2.77. The Morgan fingerprint density at radius 2 is 1.83 bits per heavy atom. The van der Waals surface area contributed by atoms with E-state index < -0.39 is 0 Å². The van der Waals surface area contributed by atoms with Crippen LogP contribution < -0.4 is 10.6 Å². The Hall–Kier alpha value is -3.19. The highest BCUT2D eigenvalue weighted by Gasteiger charge is 2.14. The number of aromatic nitrogens is 2. The second-order valence-corrected chi connectivity index (χ2v) is 6.90. The van der Waals surface area contributed by atoms with Gasteiger partial charge in [-0.1, -0.05) is 29.8 Å². The van der Waals surface area contributed by atoms with E-state index in [0.29, 0.717) is 13.0 Å². The number of anilines is 1. The van der Waals surface area contributed by atoms with E-state index in [1.807, 2.05) is 60.0 Å². The van der Waals surface area contributed by atoms with Gasteiger partial charge in [-0.15, -0.1) is 0 Å². The van der Waals surface area contributed by atoms with Crippen LogP contribution in [0.25, 0.3) is 11.0 Å². The first-order chi connectivity index (χ1) is 14.1. The van der Waals surface area contributed by atoms with Crippen LogP contribution in [0.1, 0.15) is 17.8 Å². The van der Waals surface area contributed by atoms with Gasteiger partial charge in [0.05, 0.1) is 11.0 Å². The zero-order valence-electron chi connectivity index (χ0n) is 16.8. The summed E-state index contributed by atoms with van der Waals surface area (Å²) >= 11 is 0. The summed E-state index contributed by atoms with van der Waals surface area (Å²) in [5.74, 6) is 0.580. The van der Waals surface area contributed by atoms with Crippen LogP contribution >= 0.6 is 0 Å². The number of methoxy groups -OCH3 is 1. The number of benzene rings is 2. The molecule has 0 atom stereocenters. The monoisotopic (exact) mass is 394 g/mol. The quantitative estimate of drug-likeness (QED) is 0.547. The third kappa shape index (κ3) is 5.65. The van der Waals surface area contributed by atoms with Gasteiger partial charge in [0.2, 0.25) is 11.8 Å². The van der Waals surface area contributed by atoms with E-state index in [1.165, 1.54) is 7.11 Å². The fourth-order valence-corrected chi connectivity index (χ4v) is 3.13. The summed E-state index contributed by atoms with van der Waals surface area (Å²) in [4.78, 5) is 28.8. The molecule has 1 aromatic heterocycles. The van der Waals surface area contributed by atoms with Gasteiger partial charge in [-0.25, -0.2) is 4.98 Å². The molecule has 0 aliphatic rings. The lowest BCUT2D eigenvalue weighted by Gasteiger charge is -2.11. The molecular formula is C22H26N4O3. The van der Waals surface area contributed by atoms with Crippen molar-refractivity contribution in [1.29, 1.82) is 0 Å². The normalized spacial score (nSPS) is 10.8. The molecule has 0 spiro atoms. The van der Waals surface area contributed by atoms with Crippen LogP contribution in [0.3, 0.4) is 0 Å². The average Bonchev–Trinajstić information content (AvgIpc) is 3.05. The maximum Gasteiger partial charge on any atom is 0.245 e. The Morgan fingerprint density at radius 3 is 2.59 bits per heavy atom. The first-order valence-corrected chi connectivity index (χ1v) is 9.63. The van der Waals surface area contributed by atoms with Crippen molar-refractivity contribution in [2.24, 2.45) is 0 Å². The molecule has 29 heavy (non-hydrogen) atoms. The number of nitrogens with one attached hydrogen (secondary N) is 2. The molecule has 1 heterocycles. The highest BCUT2D eigenvalue weighted by atomic mass is 16.5. The number of rotatable bonds is 9. The number of para-hydroxylation sites is 2. The van der Waals surface area contributed by atoms with Gasteiger partial charge >= 0.3 is 0 Å². The number of imidazole rings is 1. The van der Waals surface area contributed by atoms with E-state index in [9.17, 15) is 9.59 Å². The Morgan fingerprint density at radius 1 is 1.07 bits per heavy atom. The number of carbonyl (C=O) groups is 2. The number of fused-ring (bicyclic) bond motifs is 1. The van der Waals surface area contributed by atoms with E-state index in [4.69, 9.17) is 4.74 Å². The minimum Gasteiger partial charge on any atom is -0.375 e. The SMILES string of the molecule is COCC(=O)NCCCc1nc2ccccc2n1CC(=O)Nc1ccc(C)cc1. The Labute approximate surface area is 170 Å². The van der Waals surface area contributed by atoms with Crippen LogP contribution in [0.4, 0.5) is 5.69 Å². The van der Waals surface area contributed by atoms with Crippen molar-refractivity contribution in [2.75, 3.05) is 25.6 Å². The lowest BCUT2D eigenvalue weighted by molar-refractivity contribution is -0.124.